The Kier molecular flexibility index (Phi) is 7.74. The molecule has 0 saturated carbocycles. The van der Waals surface area contributed by atoms with Gasteiger partial charge in [0.05, 0.1) is 10.5 Å². The lowest BCUT2D eigenvalue weighted by Gasteiger charge is -2.26. The smallest absolute Gasteiger partial charge is 0.338 e. The van der Waals surface area contributed by atoms with Gasteiger partial charge in [-0.1, -0.05) is 12.5 Å². The Balaban J connectivity index is 2.05. The Labute approximate surface area is 170 Å². The second-order valence-corrected chi connectivity index (χ2v) is 9.10. The van der Waals surface area contributed by atoms with Gasteiger partial charge >= 0.3 is 12.0 Å². The van der Waals surface area contributed by atoms with Crippen molar-refractivity contribution in [1.29, 1.82) is 0 Å². The van der Waals surface area contributed by atoms with E-state index in [9.17, 15) is 22.8 Å². The van der Waals surface area contributed by atoms with E-state index in [2.05, 4.69) is 5.32 Å². The molecular weight excluding hydrogens is 398 g/mol. The summed E-state index contributed by atoms with van der Waals surface area (Å²) in [6.45, 7) is 5.37. The van der Waals surface area contributed by atoms with E-state index in [1.807, 2.05) is 5.32 Å². The zero-order valence-corrected chi connectivity index (χ0v) is 17.7. The van der Waals surface area contributed by atoms with Crippen LogP contribution in [0.3, 0.4) is 0 Å². The Bertz CT molecular complexity index is 876. The van der Waals surface area contributed by atoms with Crippen LogP contribution in [-0.4, -0.2) is 56.4 Å². The maximum Gasteiger partial charge on any atom is 0.338 e. The number of imide groups is 1. The lowest BCUT2D eigenvalue weighted by molar-refractivity contribution is -0.123. The zero-order valence-electron chi connectivity index (χ0n) is 16.9. The van der Waals surface area contributed by atoms with Gasteiger partial charge in [-0.05, 0) is 51.3 Å². The second-order valence-electron chi connectivity index (χ2n) is 7.20. The van der Waals surface area contributed by atoms with Crippen molar-refractivity contribution < 1.29 is 27.5 Å². The molecule has 1 aromatic rings. The fourth-order valence-corrected chi connectivity index (χ4v) is 4.69. The first-order chi connectivity index (χ1) is 13.6. The van der Waals surface area contributed by atoms with Crippen LogP contribution in [0.2, 0.25) is 0 Å². The number of piperidine rings is 1. The standard InChI is InChI=1S/C19H27N3O6S/c1-13(2)20-19(25)21-17(23)12-28-18(24)15-8-7-14(3)16(11-15)29(26,27)22-9-5-4-6-10-22/h7-8,11,13H,4-6,9-10,12H2,1-3H3,(H2,20,21,23,25). The van der Waals surface area contributed by atoms with Crippen LogP contribution in [-0.2, 0) is 19.6 Å². The molecule has 3 amide bonds. The molecule has 0 atom stereocenters. The molecule has 160 valence electrons. The van der Waals surface area contributed by atoms with E-state index in [0.29, 0.717) is 18.7 Å². The number of nitrogens with one attached hydrogen (secondary N) is 2. The topological polar surface area (TPSA) is 122 Å². The van der Waals surface area contributed by atoms with Crippen molar-refractivity contribution in [2.24, 2.45) is 0 Å². The van der Waals surface area contributed by atoms with Crippen LogP contribution in [0.1, 0.15) is 49.0 Å². The number of carbonyl (C=O) groups excluding carboxylic acids is 3. The number of nitrogens with zero attached hydrogens (tertiary/aromatic N) is 1. The van der Waals surface area contributed by atoms with Gasteiger partial charge in [-0.2, -0.15) is 4.31 Å². The van der Waals surface area contributed by atoms with Crippen LogP contribution in [0, 0.1) is 6.92 Å². The summed E-state index contributed by atoms with van der Waals surface area (Å²) in [5.74, 6) is -1.63. The summed E-state index contributed by atoms with van der Waals surface area (Å²) < 4.78 is 32.2. The van der Waals surface area contributed by atoms with E-state index in [1.54, 1.807) is 20.8 Å². The minimum absolute atomic E-state index is 0.0191. The van der Waals surface area contributed by atoms with Gasteiger partial charge in [0.25, 0.3) is 5.91 Å². The molecule has 9 nitrogen and oxygen atoms in total. The van der Waals surface area contributed by atoms with Gasteiger partial charge in [0.2, 0.25) is 10.0 Å². The van der Waals surface area contributed by atoms with Crippen molar-refractivity contribution in [3.63, 3.8) is 0 Å². The fraction of sp³-hybridized carbons (Fsp3) is 0.526. The van der Waals surface area contributed by atoms with Gasteiger partial charge in [-0.15, -0.1) is 0 Å². The predicted molar refractivity (Wildman–Crippen MR) is 106 cm³/mol. The van der Waals surface area contributed by atoms with Crippen molar-refractivity contribution >= 4 is 27.9 Å². The van der Waals surface area contributed by atoms with E-state index < -0.39 is 34.5 Å². The van der Waals surface area contributed by atoms with Crippen LogP contribution in [0.5, 0.6) is 0 Å². The van der Waals surface area contributed by atoms with E-state index in [0.717, 1.165) is 19.3 Å². The maximum absolute atomic E-state index is 12.9. The molecule has 0 unspecified atom stereocenters. The molecule has 29 heavy (non-hydrogen) atoms. The van der Waals surface area contributed by atoms with Gasteiger partial charge in [-0.25, -0.2) is 18.0 Å². The van der Waals surface area contributed by atoms with Gasteiger partial charge in [-0.3, -0.25) is 10.1 Å². The number of benzene rings is 1. The summed E-state index contributed by atoms with van der Waals surface area (Å²) in [6.07, 6.45) is 2.60. The predicted octanol–water partition coefficient (Wildman–Crippen LogP) is 1.56. The van der Waals surface area contributed by atoms with Crippen LogP contribution in [0.25, 0.3) is 0 Å². The normalized spacial score (nSPS) is 15.0. The first-order valence-corrected chi connectivity index (χ1v) is 10.9. The Morgan fingerprint density at radius 3 is 2.41 bits per heavy atom. The minimum atomic E-state index is -3.71. The minimum Gasteiger partial charge on any atom is -0.452 e. The summed E-state index contributed by atoms with van der Waals surface area (Å²) in [4.78, 5) is 35.5. The van der Waals surface area contributed by atoms with Gasteiger partial charge in [0, 0.05) is 19.1 Å². The first-order valence-electron chi connectivity index (χ1n) is 9.49. The molecule has 10 heteroatoms. The molecule has 1 fully saturated rings. The number of hydrogen-bond acceptors (Lipinski definition) is 6. The highest BCUT2D eigenvalue weighted by Gasteiger charge is 2.28. The highest BCUT2D eigenvalue weighted by Crippen LogP contribution is 2.24. The molecule has 2 rings (SSSR count). The van der Waals surface area contributed by atoms with Crippen LogP contribution < -0.4 is 10.6 Å². The molecule has 1 aliphatic rings. The van der Waals surface area contributed by atoms with Crippen molar-refractivity contribution in [3.05, 3.63) is 29.3 Å². The number of amides is 3. The quantitative estimate of drug-likeness (QED) is 0.667. The molecule has 2 N–H and O–H groups in total. The monoisotopic (exact) mass is 425 g/mol. The number of sulfonamides is 1. The number of rotatable bonds is 6. The number of esters is 1. The summed E-state index contributed by atoms with van der Waals surface area (Å²) in [7, 11) is -3.71. The van der Waals surface area contributed by atoms with Crippen molar-refractivity contribution in [2.45, 2.75) is 51.0 Å². The zero-order chi connectivity index (χ0) is 21.6. The van der Waals surface area contributed by atoms with E-state index in [-0.39, 0.29) is 16.5 Å². The van der Waals surface area contributed by atoms with E-state index in [1.165, 1.54) is 22.5 Å². The summed E-state index contributed by atoms with van der Waals surface area (Å²) in [5, 5.41) is 4.51. The third kappa shape index (κ3) is 6.26. The molecule has 1 aromatic carbocycles. The molecule has 0 aromatic heterocycles. The van der Waals surface area contributed by atoms with Crippen molar-refractivity contribution in [3.8, 4) is 0 Å². The average molecular weight is 426 g/mol. The Hall–Kier alpha value is -2.46. The highest BCUT2D eigenvalue weighted by atomic mass is 32.2. The first kappa shape index (κ1) is 22.8. The average Bonchev–Trinajstić information content (AvgIpc) is 2.66. The van der Waals surface area contributed by atoms with Gasteiger partial charge in [0.1, 0.15) is 0 Å². The Morgan fingerprint density at radius 2 is 1.79 bits per heavy atom. The number of hydrogen-bond donors (Lipinski definition) is 2. The summed E-state index contributed by atoms with van der Waals surface area (Å²) >= 11 is 0. The van der Waals surface area contributed by atoms with Crippen LogP contribution >= 0.6 is 0 Å². The lowest BCUT2D eigenvalue weighted by Crippen LogP contribution is -2.44. The second kappa shape index (κ2) is 9.84. The number of aryl methyl sites for hydroxylation is 1. The van der Waals surface area contributed by atoms with Crippen LogP contribution in [0.4, 0.5) is 4.79 Å². The molecule has 1 heterocycles. The summed E-state index contributed by atoms with van der Waals surface area (Å²) in [6, 6.07) is 3.40. The van der Waals surface area contributed by atoms with Gasteiger partial charge < -0.3 is 10.1 Å². The van der Waals surface area contributed by atoms with E-state index in [4.69, 9.17) is 4.74 Å². The van der Waals surface area contributed by atoms with Crippen molar-refractivity contribution in [1.82, 2.24) is 14.9 Å². The molecule has 0 aliphatic carbocycles. The SMILES string of the molecule is Cc1ccc(C(=O)OCC(=O)NC(=O)NC(C)C)cc1S(=O)(=O)N1CCCCC1. The van der Waals surface area contributed by atoms with E-state index >= 15 is 0 Å². The van der Waals surface area contributed by atoms with Gasteiger partial charge in [0.15, 0.2) is 6.61 Å². The largest absolute Gasteiger partial charge is 0.452 e. The lowest BCUT2D eigenvalue weighted by atomic mass is 10.1. The Morgan fingerprint density at radius 1 is 1.14 bits per heavy atom. The summed E-state index contributed by atoms with van der Waals surface area (Å²) in [5.41, 5.74) is 0.542. The number of carbonyl (C=O) groups is 3. The third-order valence-corrected chi connectivity index (χ3v) is 6.40. The molecular formula is C19H27N3O6S. The molecule has 1 saturated heterocycles. The number of urea groups is 1. The fourth-order valence-electron chi connectivity index (χ4n) is 2.92. The molecule has 0 bridgehead atoms. The molecule has 1 aliphatic heterocycles. The molecule has 0 radical (unpaired) electrons. The third-order valence-electron chi connectivity index (χ3n) is 4.36. The van der Waals surface area contributed by atoms with Crippen LogP contribution in [0.15, 0.2) is 23.1 Å². The maximum atomic E-state index is 12.9. The number of ether oxygens (including phenoxy) is 1. The highest BCUT2D eigenvalue weighted by molar-refractivity contribution is 7.89. The molecule has 0 spiro atoms. The van der Waals surface area contributed by atoms with Crippen molar-refractivity contribution in [2.75, 3.05) is 19.7 Å².